The van der Waals surface area contributed by atoms with Crippen molar-refractivity contribution >= 4 is 28.1 Å². The second-order valence-electron chi connectivity index (χ2n) is 5.87. The van der Waals surface area contributed by atoms with Crippen LogP contribution in [-0.4, -0.2) is 9.55 Å². The lowest BCUT2D eigenvalue weighted by Crippen LogP contribution is -2.02. The number of nitrogens with one attached hydrogen (secondary N) is 1. The van der Waals surface area contributed by atoms with Crippen molar-refractivity contribution < 1.29 is 0 Å². The number of imidazole rings is 1. The van der Waals surface area contributed by atoms with Crippen molar-refractivity contribution in [2.75, 3.05) is 5.32 Å². The number of hydrogen-bond donors (Lipinski definition) is 1. The quantitative estimate of drug-likeness (QED) is 0.553. The van der Waals surface area contributed by atoms with Gasteiger partial charge in [0.1, 0.15) is 5.82 Å². The molecule has 2 heterocycles. The maximum Gasteiger partial charge on any atom is 0.107 e. The predicted molar refractivity (Wildman–Crippen MR) is 102 cm³/mol. The maximum absolute atomic E-state index is 4.74. The molecule has 0 unspecified atom stereocenters. The molecule has 1 N–H and O–H groups in total. The summed E-state index contributed by atoms with van der Waals surface area (Å²) in [6.45, 7) is 3.78. The summed E-state index contributed by atoms with van der Waals surface area (Å²) >= 11 is 1.77. The molecule has 0 aliphatic heterocycles. The number of rotatable bonds is 5. The summed E-state index contributed by atoms with van der Waals surface area (Å²) in [7, 11) is 0. The fourth-order valence-electron chi connectivity index (χ4n) is 2.93. The number of fused-ring (bicyclic) bond motifs is 1. The van der Waals surface area contributed by atoms with E-state index in [1.807, 2.05) is 6.07 Å². The molecule has 0 saturated carbocycles. The highest BCUT2D eigenvalue weighted by molar-refractivity contribution is 7.09. The summed E-state index contributed by atoms with van der Waals surface area (Å²) in [4.78, 5) is 6.07. The van der Waals surface area contributed by atoms with E-state index in [1.54, 1.807) is 11.3 Å². The summed E-state index contributed by atoms with van der Waals surface area (Å²) in [5.41, 5.74) is 4.62. The maximum atomic E-state index is 4.74. The van der Waals surface area contributed by atoms with E-state index in [4.69, 9.17) is 4.98 Å². The third kappa shape index (κ3) is 3.05. The molecule has 0 saturated heterocycles. The van der Waals surface area contributed by atoms with Crippen LogP contribution in [0.3, 0.4) is 0 Å². The van der Waals surface area contributed by atoms with Gasteiger partial charge in [0.05, 0.1) is 11.0 Å². The molecule has 4 aromatic rings. The van der Waals surface area contributed by atoms with Crippen LogP contribution in [0, 0.1) is 6.92 Å². The van der Waals surface area contributed by atoms with Gasteiger partial charge in [-0.25, -0.2) is 4.98 Å². The van der Waals surface area contributed by atoms with Crippen molar-refractivity contribution in [3.8, 4) is 0 Å². The van der Waals surface area contributed by atoms with E-state index in [2.05, 4.69) is 76.8 Å². The normalized spacial score (nSPS) is 11.0. The number of anilines is 1. The van der Waals surface area contributed by atoms with Gasteiger partial charge >= 0.3 is 0 Å². The van der Waals surface area contributed by atoms with Crippen molar-refractivity contribution in [2.24, 2.45) is 0 Å². The highest BCUT2D eigenvalue weighted by atomic mass is 32.1. The zero-order valence-corrected chi connectivity index (χ0v) is 14.4. The Hall–Kier alpha value is -2.59. The molecule has 24 heavy (non-hydrogen) atoms. The smallest absolute Gasteiger partial charge is 0.107 e. The van der Waals surface area contributed by atoms with E-state index < -0.39 is 0 Å². The molecule has 0 fully saturated rings. The van der Waals surface area contributed by atoms with Gasteiger partial charge in [-0.2, -0.15) is 0 Å². The average molecular weight is 333 g/mol. The topological polar surface area (TPSA) is 29.9 Å². The Morgan fingerprint density at radius 1 is 1.04 bits per heavy atom. The zero-order valence-electron chi connectivity index (χ0n) is 13.6. The Bertz CT molecular complexity index is 940. The monoisotopic (exact) mass is 333 g/mol. The minimum absolute atomic E-state index is 0.852. The summed E-state index contributed by atoms with van der Waals surface area (Å²) in [5, 5.41) is 5.58. The number of aryl methyl sites for hydroxylation is 1. The molecule has 0 radical (unpaired) electrons. The van der Waals surface area contributed by atoms with Gasteiger partial charge in [-0.3, -0.25) is 0 Å². The fraction of sp³-hybridized carbons (Fsp3) is 0.150. The van der Waals surface area contributed by atoms with E-state index in [-0.39, 0.29) is 0 Å². The van der Waals surface area contributed by atoms with Gasteiger partial charge in [0.15, 0.2) is 0 Å². The Kier molecular flexibility index (Phi) is 4.05. The molecule has 0 aliphatic rings. The van der Waals surface area contributed by atoms with Crippen LogP contribution in [0.2, 0.25) is 0 Å². The predicted octanol–water partition coefficient (Wildman–Crippen LogP) is 5.07. The van der Waals surface area contributed by atoms with Crippen LogP contribution in [0.15, 0.2) is 66.0 Å². The lowest BCUT2D eigenvalue weighted by molar-refractivity contribution is 0.786. The molecule has 120 valence electrons. The molecule has 4 rings (SSSR count). The second-order valence-corrected chi connectivity index (χ2v) is 6.90. The molecule has 2 aromatic heterocycles. The fourth-order valence-corrected chi connectivity index (χ4v) is 3.57. The van der Waals surface area contributed by atoms with Gasteiger partial charge in [-0.1, -0.05) is 36.4 Å². The SMILES string of the molecule is Cc1nc2cc(NCc3cccs3)ccc2n1Cc1ccccc1. The number of aromatic nitrogens is 2. The standard InChI is InChI=1S/C20H19N3S/c1-15-22-19-12-17(21-13-18-8-5-11-24-18)9-10-20(19)23(15)14-16-6-3-2-4-7-16/h2-12,21H,13-14H2,1H3. The summed E-state index contributed by atoms with van der Waals surface area (Å²) in [6, 6.07) is 21.2. The van der Waals surface area contributed by atoms with Crippen molar-refractivity contribution in [3.05, 3.63) is 82.3 Å². The van der Waals surface area contributed by atoms with Gasteiger partial charge in [0.2, 0.25) is 0 Å². The molecule has 0 bridgehead atoms. The van der Waals surface area contributed by atoms with Crippen LogP contribution in [0.1, 0.15) is 16.3 Å². The van der Waals surface area contributed by atoms with Crippen LogP contribution in [0.25, 0.3) is 11.0 Å². The molecule has 0 spiro atoms. The Morgan fingerprint density at radius 2 is 1.92 bits per heavy atom. The highest BCUT2D eigenvalue weighted by Gasteiger charge is 2.08. The molecular weight excluding hydrogens is 314 g/mol. The number of nitrogens with zero attached hydrogens (tertiary/aromatic N) is 2. The number of thiophene rings is 1. The summed E-state index contributed by atoms with van der Waals surface area (Å²) in [6.07, 6.45) is 0. The molecule has 0 atom stereocenters. The minimum Gasteiger partial charge on any atom is -0.380 e. The number of benzene rings is 2. The third-order valence-electron chi connectivity index (χ3n) is 4.17. The van der Waals surface area contributed by atoms with Crippen LogP contribution >= 0.6 is 11.3 Å². The van der Waals surface area contributed by atoms with E-state index >= 15 is 0 Å². The van der Waals surface area contributed by atoms with E-state index in [1.165, 1.54) is 16.0 Å². The van der Waals surface area contributed by atoms with Gasteiger partial charge < -0.3 is 9.88 Å². The molecule has 0 aliphatic carbocycles. The summed E-state index contributed by atoms with van der Waals surface area (Å²) in [5.74, 6) is 1.05. The van der Waals surface area contributed by atoms with E-state index in [0.29, 0.717) is 0 Å². The van der Waals surface area contributed by atoms with Crippen LogP contribution < -0.4 is 5.32 Å². The van der Waals surface area contributed by atoms with Crippen molar-refractivity contribution in [2.45, 2.75) is 20.0 Å². The largest absolute Gasteiger partial charge is 0.380 e. The first kappa shape index (κ1) is 15.0. The van der Waals surface area contributed by atoms with E-state index in [9.17, 15) is 0 Å². The first-order chi connectivity index (χ1) is 11.8. The van der Waals surface area contributed by atoms with Gasteiger partial charge in [-0.05, 0) is 42.1 Å². The van der Waals surface area contributed by atoms with Crippen molar-refractivity contribution in [1.29, 1.82) is 0 Å². The molecular formula is C20H19N3S. The van der Waals surface area contributed by atoms with E-state index in [0.717, 1.165) is 30.1 Å². The van der Waals surface area contributed by atoms with Gasteiger partial charge in [0.25, 0.3) is 0 Å². The highest BCUT2D eigenvalue weighted by Crippen LogP contribution is 2.22. The minimum atomic E-state index is 0.852. The Labute approximate surface area is 145 Å². The van der Waals surface area contributed by atoms with Crippen molar-refractivity contribution in [3.63, 3.8) is 0 Å². The van der Waals surface area contributed by atoms with Gasteiger partial charge in [-0.15, -0.1) is 11.3 Å². The molecule has 4 heteroatoms. The molecule has 0 amide bonds. The third-order valence-corrected chi connectivity index (χ3v) is 5.05. The summed E-state index contributed by atoms with van der Waals surface area (Å²) < 4.78 is 2.27. The molecule has 3 nitrogen and oxygen atoms in total. The zero-order chi connectivity index (χ0) is 16.4. The first-order valence-electron chi connectivity index (χ1n) is 8.07. The first-order valence-corrected chi connectivity index (χ1v) is 8.94. The Morgan fingerprint density at radius 3 is 2.71 bits per heavy atom. The average Bonchev–Trinajstić information content (AvgIpc) is 3.22. The number of hydrogen-bond acceptors (Lipinski definition) is 3. The van der Waals surface area contributed by atoms with Crippen molar-refractivity contribution in [1.82, 2.24) is 9.55 Å². The van der Waals surface area contributed by atoms with Crippen LogP contribution in [0.5, 0.6) is 0 Å². The van der Waals surface area contributed by atoms with Crippen LogP contribution in [0.4, 0.5) is 5.69 Å². The lowest BCUT2D eigenvalue weighted by atomic mass is 10.2. The Balaban J connectivity index is 1.59. The van der Waals surface area contributed by atoms with Crippen LogP contribution in [-0.2, 0) is 13.1 Å². The second kappa shape index (κ2) is 6.49. The van der Waals surface area contributed by atoms with Gasteiger partial charge in [0, 0.05) is 23.7 Å². The molecule has 2 aromatic carbocycles. The lowest BCUT2D eigenvalue weighted by Gasteiger charge is -2.08.